The van der Waals surface area contributed by atoms with E-state index in [4.69, 9.17) is 11.5 Å². The second kappa shape index (κ2) is 4.25. The second-order valence-corrected chi connectivity index (χ2v) is 4.09. The smallest absolute Gasteiger partial charge is 0.219 e. The van der Waals surface area contributed by atoms with Crippen LogP contribution in [0.5, 0.6) is 0 Å². The zero-order chi connectivity index (χ0) is 13.4. The predicted octanol–water partition coefficient (Wildman–Crippen LogP) is 1.33. The maximum atomic E-state index is 13.8. The largest absolute Gasteiger partial charge is 0.370 e. The Labute approximate surface area is 101 Å². The van der Waals surface area contributed by atoms with Crippen molar-refractivity contribution >= 4 is 22.9 Å². The molecule has 0 aliphatic heterocycles. The zero-order valence-electron chi connectivity index (χ0n) is 9.65. The van der Waals surface area contributed by atoms with Gasteiger partial charge in [-0.05, 0) is 19.1 Å². The second-order valence-electron chi connectivity index (χ2n) is 4.09. The average Bonchev–Trinajstić information content (AvgIpc) is 2.60. The minimum absolute atomic E-state index is 0.0169. The molecule has 0 aliphatic rings. The van der Waals surface area contributed by atoms with Crippen LogP contribution in [0.2, 0.25) is 0 Å². The number of hydrogen-bond donors (Lipinski definition) is 2. The number of halogens is 2. The third-order valence-corrected chi connectivity index (χ3v) is 2.71. The van der Waals surface area contributed by atoms with Gasteiger partial charge in [0.15, 0.2) is 11.6 Å². The quantitative estimate of drug-likeness (QED) is 0.866. The monoisotopic (exact) mass is 254 g/mol. The Bertz CT molecular complexity index is 623. The molecule has 0 radical (unpaired) electrons. The summed E-state index contributed by atoms with van der Waals surface area (Å²) in [6.45, 7) is 1.63. The van der Waals surface area contributed by atoms with Crippen molar-refractivity contribution in [3.8, 4) is 0 Å². The molecule has 7 heteroatoms. The first-order valence-electron chi connectivity index (χ1n) is 5.31. The molecule has 0 aliphatic carbocycles. The summed E-state index contributed by atoms with van der Waals surface area (Å²) in [5.74, 6) is -2.56. The van der Waals surface area contributed by atoms with Gasteiger partial charge in [-0.3, -0.25) is 4.79 Å². The Morgan fingerprint density at radius 1 is 1.50 bits per heavy atom. The number of fused-ring (bicyclic) bond motifs is 1. The number of amides is 1. The SMILES string of the molecule is CC(CC(N)=O)n1c(N)nc2ccc(F)c(F)c21. The Balaban J connectivity index is 2.65. The molecule has 1 aromatic carbocycles. The maximum absolute atomic E-state index is 13.8. The van der Waals surface area contributed by atoms with Gasteiger partial charge in [-0.2, -0.15) is 0 Å². The molecule has 18 heavy (non-hydrogen) atoms. The lowest BCUT2D eigenvalue weighted by atomic mass is 10.2. The van der Waals surface area contributed by atoms with Crippen molar-refractivity contribution < 1.29 is 13.6 Å². The van der Waals surface area contributed by atoms with Gasteiger partial charge in [0.2, 0.25) is 11.9 Å². The molecule has 2 rings (SSSR count). The first kappa shape index (κ1) is 12.3. The van der Waals surface area contributed by atoms with Crippen molar-refractivity contribution in [3.63, 3.8) is 0 Å². The van der Waals surface area contributed by atoms with E-state index in [0.29, 0.717) is 0 Å². The van der Waals surface area contributed by atoms with Crippen LogP contribution in [0.3, 0.4) is 0 Å². The van der Waals surface area contributed by atoms with Gasteiger partial charge in [0.25, 0.3) is 0 Å². The molecular formula is C11H12F2N4O. The van der Waals surface area contributed by atoms with Crippen LogP contribution in [0.15, 0.2) is 12.1 Å². The molecule has 0 saturated carbocycles. The van der Waals surface area contributed by atoms with Gasteiger partial charge in [0, 0.05) is 12.5 Å². The highest BCUT2D eigenvalue weighted by atomic mass is 19.2. The van der Waals surface area contributed by atoms with Crippen molar-refractivity contribution in [1.82, 2.24) is 9.55 Å². The summed E-state index contributed by atoms with van der Waals surface area (Å²) in [6.07, 6.45) is -0.0361. The van der Waals surface area contributed by atoms with E-state index < -0.39 is 23.6 Å². The minimum atomic E-state index is -1.03. The molecule has 0 saturated heterocycles. The normalized spacial score (nSPS) is 12.8. The lowest BCUT2D eigenvalue weighted by molar-refractivity contribution is -0.118. The predicted molar refractivity (Wildman–Crippen MR) is 62.6 cm³/mol. The molecule has 1 aromatic heterocycles. The van der Waals surface area contributed by atoms with Gasteiger partial charge < -0.3 is 16.0 Å². The van der Waals surface area contributed by atoms with Crippen molar-refractivity contribution in [2.75, 3.05) is 5.73 Å². The number of carbonyl (C=O) groups excluding carboxylic acids is 1. The van der Waals surface area contributed by atoms with Gasteiger partial charge in [0.1, 0.15) is 5.52 Å². The van der Waals surface area contributed by atoms with E-state index in [9.17, 15) is 13.6 Å². The van der Waals surface area contributed by atoms with Crippen LogP contribution in [0.4, 0.5) is 14.7 Å². The number of anilines is 1. The summed E-state index contributed by atoms with van der Waals surface area (Å²) >= 11 is 0. The number of aromatic nitrogens is 2. The molecule has 1 amide bonds. The Morgan fingerprint density at radius 3 is 2.78 bits per heavy atom. The van der Waals surface area contributed by atoms with E-state index in [1.165, 1.54) is 10.6 Å². The number of imidazole rings is 1. The number of nitrogen functional groups attached to an aromatic ring is 1. The summed E-state index contributed by atoms with van der Waals surface area (Å²) in [4.78, 5) is 14.8. The zero-order valence-corrected chi connectivity index (χ0v) is 9.65. The van der Waals surface area contributed by atoms with Crippen LogP contribution in [0, 0.1) is 11.6 Å². The Hall–Kier alpha value is -2.18. The molecule has 1 atom stereocenters. The van der Waals surface area contributed by atoms with Crippen LogP contribution in [-0.4, -0.2) is 15.5 Å². The number of primary amides is 1. The van der Waals surface area contributed by atoms with Crippen LogP contribution < -0.4 is 11.5 Å². The van der Waals surface area contributed by atoms with Crippen molar-refractivity contribution in [2.24, 2.45) is 5.73 Å². The number of benzene rings is 1. The molecule has 0 fully saturated rings. The fourth-order valence-electron chi connectivity index (χ4n) is 1.97. The van der Waals surface area contributed by atoms with Crippen LogP contribution in [-0.2, 0) is 4.79 Å². The summed E-state index contributed by atoms with van der Waals surface area (Å²) in [7, 11) is 0. The molecular weight excluding hydrogens is 242 g/mol. The molecule has 5 nitrogen and oxygen atoms in total. The highest BCUT2D eigenvalue weighted by molar-refractivity contribution is 5.80. The van der Waals surface area contributed by atoms with Crippen LogP contribution in [0.25, 0.3) is 11.0 Å². The molecule has 96 valence electrons. The maximum Gasteiger partial charge on any atom is 0.219 e. The van der Waals surface area contributed by atoms with Crippen molar-refractivity contribution in [3.05, 3.63) is 23.8 Å². The van der Waals surface area contributed by atoms with Gasteiger partial charge in [-0.1, -0.05) is 0 Å². The molecule has 2 aromatic rings. The molecule has 0 bridgehead atoms. The lowest BCUT2D eigenvalue weighted by Gasteiger charge is -2.14. The van der Waals surface area contributed by atoms with Crippen molar-refractivity contribution in [2.45, 2.75) is 19.4 Å². The number of hydrogen-bond acceptors (Lipinski definition) is 3. The summed E-state index contributed by atoms with van der Waals surface area (Å²) in [5.41, 5.74) is 10.9. The highest BCUT2D eigenvalue weighted by Crippen LogP contribution is 2.27. The topological polar surface area (TPSA) is 86.9 Å². The molecule has 0 spiro atoms. The average molecular weight is 254 g/mol. The van der Waals surface area contributed by atoms with E-state index in [1.54, 1.807) is 6.92 Å². The fraction of sp³-hybridized carbons (Fsp3) is 0.273. The first-order valence-corrected chi connectivity index (χ1v) is 5.31. The number of carbonyl (C=O) groups is 1. The molecule has 4 N–H and O–H groups in total. The lowest BCUT2D eigenvalue weighted by Crippen LogP contribution is -2.18. The Morgan fingerprint density at radius 2 is 2.17 bits per heavy atom. The first-order chi connectivity index (χ1) is 8.41. The minimum Gasteiger partial charge on any atom is -0.370 e. The van der Waals surface area contributed by atoms with Gasteiger partial charge in [-0.25, -0.2) is 13.8 Å². The van der Waals surface area contributed by atoms with E-state index in [1.807, 2.05) is 0 Å². The number of nitrogens with two attached hydrogens (primary N) is 2. The molecule has 1 unspecified atom stereocenters. The summed E-state index contributed by atoms with van der Waals surface area (Å²) in [6, 6.07) is 1.81. The van der Waals surface area contributed by atoms with E-state index in [-0.39, 0.29) is 23.4 Å². The summed E-state index contributed by atoms with van der Waals surface area (Å²) in [5, 5.41) is 0. The summed E-state index contributed by atoms with van der Waals surface area (Å²) < 4.78 is 28.3. The number of rotatable bonds is 3. The van der Waals surface area contributed by atoms with Gasteiger partial charge in [0.05, 0.1) is 5.52 Å². The van der Waals surface area contributed by atoms with Gasteiger partial charge >= 0.3 is 0 Å². The Kier molecular flexibility index (Phi) is 2.90. The standard InChI is InChI=1S/C11H12F2N4O/c1-5(4-8(14)18)17-10-7(16-11(17)15)3-2-6(12)9(10)13/h2-3,5H,4H2,1H3,(H2,14,18)(H2,15,16). The van der Waals surface area contributed by atoms with Crippen LogP contribution >= 0.6 is 0 Å². The highest BCUT2D eigenvalue weighted by Gasteiger charge is 2.20. The van der Waals surface area contributed by atoms with E-state index in [2.05, 4.69) is 4.98 Å². The van der Waals surface area contributed by atoms with E-state index in [0.717, 1.165) is 6.07 Å². The van der Waals surface area contributed by atoms with Gasteiger partial charge in [-0.15, -0.1) is 0 Å². The molecule has 1 heterocycles. The van der Waals surface area contributed by atoms with Crippen LogP contribution in [0.1, 0.15) is 19.4 Å². The number of nitrogens with zero attached hydrogens (tertiary/aromatic N) is 2. The third kappa shape index (κ3) is 1.87. The van der Waals surface area contributed by atoms with E-state index >= 15 is 0 Å². The fourth-order valence-corrected chi connectivity index (χ4v) is 1.97. The van der Waals surface area contributed by atoms with Crippen molar-refractivity contribution in [1.29, 1.82) is 0 Å². The third-order valence-electron chi connectivity index (χ3n) is 2.71.